The SMILES string of the molecule is CCCCCCCCCCCCCCCCOC(=O)/C=C/c1ccc(OC)c(OC)c1. The van der Waals surface area contributed by atoms with Crippen molar-refractivity contribution in [3.05, 3.63) is 29.8 Å². The Morgan fingerprint density at radius 3 is 1.77 bits per heavy atom. The fraction of sp³-hybridized carbons (Fsp3) is 0.667. The molecule has 0 aliphatic carbocycles. The summed E-state index contributed by atoms with van der Waals surface area (Å²) < 4.78 is 15.8. The molecule has 4 heteroatoms. The third kappa shape index (κ3) is 13.9. The van der Waals surface area contributed by atoms with Crippen molar-refractivity contribution >= 4 is 12.0 Å². The molecule has 0 unspecified atom stereocenters. The highest BCUT2D eigenvalue weighted by molar-refractivity contribution is 5.87. The van der Waals surface area contributed by atoms with E-state index in [0.717, 1.165) is 18.4 Å². The van der Waals surface area contributed by atoms with Gasteiger partial charge in [-0.3, -0.25) is 0 Å². The molecule has 0 N–H and O–H groups in total. The molecule has 1 aromatic carbocycles. The van der Waals surface area contributed by atoms with Crippen LogP contribution in [0.25, 0.3) is 6.08 Å². The number of esters is 1. The lowest BCUT2D eigenvalue weighted by Crippen LogP contribution is -2.02. The summed E-state index contributed by atoms with van der Waals surface area (Å²) in [6.07, 6.45) is 21.7. The molecule has 1 rings (SSSR count). The Morgan fingerprint density at radius 2 is 1.26 bits per heavy atom. The molecule has 31 heavy (non-hydrogen) atoms. The van der Waals surface area contributed by atoms with Crippen LogP contribution in [0.1, 0.15) is 102 Å². The first-order valence-corrected chi connectivity index (χ1v) is 12.3. The lowest BCUT2D eigenvalue weighted by Gasteiger charge is -2.07. The van der Waals surface area contributed by atoms with Gasteiger partial charge in [-0.15, -0.1) is 0 Å². The Morgan fingerprint density at radius 1 is 0.742 bits per heavy atom. The van der Waals surface area contributed by atoms with Gasteiger partial charge in [-0.2, -0.15) is 0 Å². The zero-order valence-electron chi connectivity index (χ0n) is 20.1. The molecule has 0 aliphatic rings. The van der Waals surface area contributed by atoms with E-state index in [1.165, 1.54) is 83.1 Å². The molecule has 1 aromatic rings. The first kappa shape index (κ1) is 27.1. The Labute approximate surface area is 190 Å². The van der Waals surface area contributed by atoms with Crippen molar-refractivity contribution in [2.75, 3.05) is 20.8 Å². The maximum atomic E-state index is 11.9. The van der Waals surface area contributed by atoms with Gasteiger partial charge in [0.2, 0.25) is 0 Å². The fourth-order valence-electron chi connectivity index (χ4n) is 3.64. The zero-order chi connectivity index (χ0) is 22.6. The van der Waals surface area contributed by atoms with Crippen molar-refractivity contribution in [1.82, 2.24) is 0 Å². The Balaban J connectivity index is 1.97. The number of carbonyl (C=O) groups excluding carboxylic acids is 1. The van der Waals surface area contributed by atoms with Crippen molar-refractivity contribution in [2.45, 2.75) is 96.8 Å². The molecule has 4 nitrogen and oxygen atoms in total. The summed E-state index contributed by atoms with van der Waals surface area (Å²) in [5.41, 5.74) is 0.867. The predicted octanol–water partition coefficient (Wildman–Crippen LogP) is 7.74. The summed E-state index contributed by atoms with van der Waals surface area (Å²) in [7, 11) is 3.19. The molecule has 0 fully saturated rings. The molecule has 0 saturated carbocycles. The van der Waals surface area contributed by atoms with Crippen LogP contribution in [-0.4, -0.2) is 26.8 Å². The van der Waals surface area contributed by atoms with Crippen LogP contribution in [0.3, 0.4) is 0 Å². The number of unbranched alkanes of at least 4 members (excludes halogenated alkanes) is 13. The molecule has 176 valence electrons. The van der Waals surface area contributed by atoms with E-state index in [1.54, 1.807) is 20.3 Å². The van der Waals surface area contributed by atoms with E-state index in [4.69, 9.17) is 14.2 Å². The molecule has 0 spiro atoms. The number of ether oxygens (including phenoxy) is 3. The molecule has 0 amide bonds. The van der Waals surface area contributed by atoms with Crippen LogP contribution >= 0.6 is 0 Å². The third-order valence-electron chi connectivity index (χ3n) is 5.56. The van der Waals surface area contributed by atoms with E-state index in [-0.39, 0.29) is 5.97 Å². The number of hydrogen-bond acceptors (Lipinski definition) is 4. The van der Waals surface area contributed by atoms with Crippen LogP contribution in [0.5, 0.6) is 11.5 Å². The topological polar surface area (TPSA) is 44.8 Å². The molecule has 0 bridgehead atoms. The molecule has 0 aromatic heterocycles. The lowest BCUT2D eigenvalue weighted by atomic mass is 10.0. The molecule has 0 heterocycles. The Bertz CT molecular complexity index is 609. The van der Waals surface area contributed by atoms with Gasteiger partial charge in [-0.25, -0.2) is 4.79 Å². The lowest BCUT2D eigenvalue weighted by molar-refractivity contribution is -0.137. The molecule has 0 aliphatic heterocycles. The summed E-state index contributed by atoms with van der Waals surface area (Å²) in [4.78, 5) is 11.9. The highest BCUT2D eigenvalue weighted by atomic mass is 16.5. The number of carbonyl (C=O) groups is 1. The zero-order valence-corrected chi connectivity index (χ0v) is 20.1. The standard InChI is InChI=1S/C27H44O4/c1-4-5-6-7-8-9-10-11-12-13-14-15-16-17-22-31-27(28)21-19-24-18-20-25(29-2)26(23-24)30-3/h18-21,23H,4-17,22H2,1-3H3/b21-19+. The average molecular weight is 433 g/mol. The summed E-state index contributed by atoms with van der Waals surface area (Å²) >= 11 is 0. The van der Waals surface area contributed by atoms with Crippen LogP contribution in [0.15, 0.2) is 24.3 Å². The van der Waals surface area contributed by atoms with Crippen LogP contribution in [0.2, 0.25) is 0 Å². The summed E-state index contributed by atoms with van der Waals surface area (Å²) in [6, 6.07) is 5.52. The fourth-order valence-corrected chi connectivity index (χ4v) is 3.64. The quantitative estimate of drug-likeness (QED) is 0.127. The minimum absolute atomic E-state index is 0.301. The third-order valence-corrected chi connectivity index (χ3v) is 5.56. The van der Waals surface area contributed by atoms with Crippen LogP contribution in [0.4, 0.5) is 0 Å². The number of rotatable bonds is 19. The first-order valence-electron chi connectivity index (χ1n) is 12.3. The van der Waals surface area contributed by atoms with E-state index < -0.39 is 0 Å². The average Bonchev–Trinajstić information content (AvgIpc) is 2.79. The van der Waals surface area contributed by atoms with E-state index in [0.29, 0.717) is 18.1 Å². The minimum atomic E-state index is -0.301. The second kappa shape index (κ2) is 18.8. The van der Waals surface area contributed by atoms with Crippen molar-refractivity contribution in [2.24, 2.45) is 0 Å². The number of benzene rings is 1. The highest BCUT2D eigenvalue weighted by Crippen LogP contribution is 2.27. The summed E-state index contributed by atoms with van der Waals surface area (Å²) in [5, 5.41) is 0. The van der Waals surface area contributed by atoms with Gasteiger partial charge in [0.15, 0.2) is 11.5 Å². The second-order valence-corrected chi connectivity index (χ2v) is 8.21. The number of methoxy groups -OCH3 is 2. The van der Waals surface area contributed by atoms with E-state index in [1.807, 2.05) is 18.2 Å². The van der Waals surface area contributed by atoms with Gasteiger partial charge in [0.25, 0.3) is 0 Å². The van der Waals surface area contributed by atoms with Crippen LogP contribution < -0.4 is 9.47 Å². The van der Waals surface area contributed by atoms with Gasteiger partial charge in [0.05, 0.1) is 20.8 Å². The Hall–Kier alpha value is -1.97. The van der Waals surface area contributed by atoms with Crippen LogP contribution in [-0.2, 0) is 9.53 Å². The minimum Gasteiger partial charge on any atom is -0.493 e. The Kier molecular flexibility index (Phi) is 16.4. The first-order chi connectivity index (χ1) is 15.2. The van der Waals surface area contributed by atoms with Crippen molar-refractivity contribution in [3.8, 4) is 11.5 Å². The monoisotopic (exact) mass is 432 g/mol. The summed E-state index contributed by atoms with van der Waals surface area (Å²) in [6.45, 7) is 2.76. The normalized spacial score (nSPS) is 11.1. The smallest absolute Gasteiger partial charge is 0.330 e. The van der Waals surface area contributed by atoms with Gasteiger partial charge in [0.1, 0.15) is 0 Å². The molecule has 0 radical (unpaired) electrons. The van der Waals surface area contributed by atoms with Gasteiger partial charge in [-0.1, -0.05) is 96.5 Å². The van der Waals surface area contributed by atoms with Gasteiger partial charge in [-0.05, 0) is 30.2 Å². The van der Waals surface area contributed by atoms with E-state index in [9.17, 15) is 4.79 Å². The van der Waals surface area contributed by atoms with E-state index >= 15 is 0 Å². The number of hydrogen-bond donors (Lipinski definition) is 0. The van der Waals surface area contributed by atoms with E-state index in [2.05, 4.69) is 6.92 Å². The second-order valence-electron chi connectivity index (χ2n) is 8.21. The van der Waals surface area contributed by atoms with Crippen molar-refractivity contribution in [3.63, 3.8) is 0 Å². The van der Waals surface area contributed by atoms with Gasteiger partial charge < -0.3 is 14.2 Å². The maximum absolute atomic E-state index is 11.9. The van der Waals surface area contributed by atoms with Crippen molar-refractivity contribution < 1.29 is 19.0 Å². The maximum Gasteiger partial charge on any atom is 0.330 e. The largest absolute Gasteiger partial charge is 0.493 e. The predicted molar refractivity (Wildman–Crippen MR) is 130 cm³/mol. The molecular formula is C27H44O4. The molecule has 0 saturated heterocycles. The van der Waals surface area contributed by atoms with Crippen molar-refractivity contribution in [1.29, 1.82) is 0 Å². The molecular weight excluding hydrogens is 388 g/mol. The van der Waals surface area contributed by atoms with Gasteiger partial charge in [0, 0.05) is 6.08 Å². The summed E-state index contributed by atoms with van der Waals surface area (Å²) in [5.74, 6) is 1.00. The molecule has 0 atom stereocenters. The highest BCUT2D eigenvalue weighted by Gasteiger charge is 2.03. The van der Waals surface area contributed by atoms with Crippen LogP contribution in [0, 0.1) is 0 Å². The van der Waals surface area contributed by atoms with Gasteiger partial charge >= 0.3 is 5.97 Å².